The van der Waals surface area contributed by atoms with Gasteiger partial charge in [0, 0.05) is 32.2 Å². The molecule has 0 amide bonds. The van der Waals surface area contributed by atoms with Crippen molar-refractivity contribution in [2.24, 2.45) is 7.05 Å². The second-order valence-electron chi connectivity index (χ2n) is 5.02. The Bertz CT molecular complexity index is 607. The van der Waals surface area contributed by atoms with E-state index in [1.54, 1.807) is 0 Å². The molecule has 0 aliphatic carbocycles. The van der Waals surface area contributed by atoms with E-state index < -0.39 is 0 Å². The fraction of sp³-hybridized carbons (Fsp3) is 0.333. The van der Waals surface area contributed by atoms with Gasteiger partial charge in [0.25, 0.3) is 0 Å². The van der Waals surface area contributed by atoms with Crippen LogP contribution in [0.4, 0.5) is 0 Å². The van der Waals surface area contributed by atoms with Crippen molar-refractivity contribution < 1.29 is 0 Å². The number of likely N-dealkylation sites (N-methyl/N-ethyl adjacent to an activating group) is 1. The molecule has 1 aliphatic rings. The van der Waals surface area contributed by atoms with Crippen LogP contribution in [0.3, 0.4) is 0 Å². The van der Waals surface area contributed by atoms with Crippen LogP contribution in [0, 0.1) is 0 Å². The van der Waals surface area contributed by atoms with Crippen LogP contribution in [0.1, 0.15) is 30.3 Å². The third-order valence-electron chi connectivity index (χ3n) is 3.73. The first-order valence-corrected chi connectivity index (χ1v) is 7.21. The van der Waals surface area contributed by atoms with E-state index in [4.69, 9.17) is 12.2 Å². The van der Waals surface area contributed by atoms with Crippen LogP contribution in [0.25, 0.3) is 0 Å². The van der Waals surface area contributed by atoms with Gasteiger partial charge in [0.1, 0.15) is 0 Å². The van der Waals surface area contributed by atoms with E-state index in [1.165, 1.54) is 5.56 Å². The molecular formula is C15H18N4S. The molecule has 1 N–H and O–H groups in total. The molecule has 0 unspecified atom stereocenters. The lowest BCUT2D eigenvalue weighted by Crippen LogP contribution is -2.29. The van der Waals surface area contributed by atoms with Crippen molar-refractivity contribution in [2.45, 2.75) is 19.0 Å². The Hall–Kier alpha value is -1.88. The van der Waals surface area contributed by atoms with Crippen molar-refractivity contribution in [1.29, 1.82) is 0 Å². The fourth-order valence-electron chi connectivity index (χ4n) is 2.81. The summed E-state index contributed by atoms with van der Waals surface area (Å²) in [5, 5.41) is 4.22. The van der Waals surface area contributed by atoms with Gasteiger partial charge in [-0.3, -0.25) is 4.98 Å². The molecule has 0 radical (unpaired) electrons. The van der Waals surface area contributed by atoms with Crippen LogP contribution in [0.5, 0.6) is 0 Å². The van der Waals surface area contributed by atoms with E-state index in [1.807, 2.05) is 25.4 Å². The lowest BCUT2D eigenvalue weighted by Gasteiger charge is -2.25. The van der Waals surface area contributed by atoms with Gasteiger partial charge in [-0.2, -0.15) is 0 Å². The molecule has 0 saturated carbocycles. The summed E-state index contributed by atoms with van der Waals surface area (Å²) < 4.78 is 2.07. The maximum atomic E-state index is 5.48. The summed E-state index contributed by atoms with van der Waals surface area (Å²) in [7, 11) is 2.04. The van der Waals surface area contributed by atoms with Crippen LogP contribution in [-0.4, -0.2) is 26.1 Å². The molecule has 3 heterocycles. The Labute approximate surface area is 124 Å². The van der Waals surface area contributed by atoms with Gasteiger partial charge in [0.2, 0.25) is 0 Å². The summed E-state index contributed by atoms with van der Waals surface area (Å²) in [5.74, 6) is 0. The number of aromatic nitrogens is 2. The average molecular weight is 286 g/mol. The monoisotopic (exact) mass is 286 g/mol. The zero-order chi connectivity index (χ0) is 14.1. The van der Waals surface area contributed by atoms with Crippen molar-refractivity contribution >= 4 is 17.3 Å². The van der Waals surface area contributed by atoms with Crippen molar-refractivity contribution in [3.63, 3.8) is 0 Å². The summed E-state index contributed by atoms with van der Waals surface area (Å²) in [4.78, 5) is 6.72. The minimum atomic E-state index is 0.103. The van der Waals surface area contributed by atoms with Crippen LogP contribution < -0.4 is 5.32 Å². The fourth-order valence-corrected chi connectivity index (χ4v) is 3.18. The predicted molar refractivity (Wildman–Crippen MR) is 83.2 cm³/mol. The van der Waals surface area contributed by atoms with Crippen LogP contribution in [-0.2, 0) is 7.05 Å². The Morgan fingerprint density at radius 3 is 2.80 bits per heavy atom. The van der Waals surface area contributed by atoms with Crippen molar-refractivity contribution in [1.82, 2.24) is 19.8 Å². The molecule has 5 heteroatoms. The van der Waals surface area contributed by atoms with Gasteiger partial charge >= 0.3 is 0 Å². The summed E-state index contributed by atoms with van der Waals surface area (Å²) in [6.07, 6.45) is 6.05. The molecule has 1 fully saturated rings. The molecule has 1 saturated heterocycles. The molecule has 2 atom stereocenters. The smallest absolute Gasteiger partial charge is 0.170 e. The Morgan fingerprint density at radius 2 is 2.20 bits per heavy atom. The Morgan fingerprint density at radius 1 is 1.35 bits per heavy atom. The molecular weight excluding hydrogens is 268 g/mol. The highest BCUT2D eigenvalue weighted by atomic mass is 32.1. The van der Waals surface area contributed by atoms with Gasteiger partial charge in [-0.15, -0.1) is 0 Å². The Kier molecular flexibility index (Phi) is 3.44. The highest BCUT2D eigenvalue weighted by Crippen LogP contribution is 2.38. The van der Waals surface area contributed by atoms with E-state index in [2.05, 4.69) is 51.2 Å². The molecule has 0 bridgehead atoms. The van der Waals surface area contributed by atoms with E-state index in [-0.39, 0.29) is 12.1 Å². The first kappa shape index (κ1) is 13.1. The van der Waals surface area contributed by atoms with E-state index in [0.29, 0.717) is 0 Å². The van der Waals surface area contributed by atoms with Crippen molar-refractivity contribution in [2.75, 3.05) is 6.54 Å². The minimum Gasteiger partial charge on any atom is -0.357 e. The number of thiocarbonyl (C=S) groups is 1. The second kappa shape index (κ2) is 5.25. The minimum absolute atomic E-state index is 0.103. The third-order valence-corrected chi connectivity index (χ3v) is 4.09. The number of aryl methyl sites for hydroxylation is 1. The number of hydrogen-bond acceptors (Lipinski definition) is 2. The number of pyridine rings is 1. The molecule has 20 heavy (non-hydrogen) atoms. The first-order valence-electron chi connectivity index (χ1n) is 6.80. The number of rotatable bonds is 3. The maximum Gasteiger partial charge on any atom is 0.170 e. The largest absolute Gasteiger partial charge is 0.357 e. The number of nitrogens with zero attached hydrogens (tertiary/aromatic N) is 3. The first-order chi connectivity index (χ1) is 9.70. The molecule has 2 aromatic heterocycles. The normalized spacial score (nSPS) is 22.1. The van der Waals surface area contributed by atoms with Crippen molar-refractivity contribution in [3.8, 4) is 0 Å². The molecule has 0 aromatic carbocycles. The van der Waals surface area contributed by atoms with E-state index in [9.17, 15) is 0 Å². The summed E-state index contributed by atoms with van der Waals surface area (Å²) in [6, 6.07) is 8.46. The molecule has 0 spiro atoms. The number of hydrogen-bond donors (Lipinski definition) is 1. The SMILES string of the molecule is CCN1C(=S)N[C@@H](c2ccccn2)[C@@H]1c1ccn(C)c1. The zero-order valence-corrected chi connectivity index (χ0v) is 12.5. The average Bonchev–Trinajstić information content (AvgIpc) is 3.03. The van der Waals surface area contributed by atoms with Crippen LogP contribution >= 0.6 is 12.2 Å². The lowest BCUT2D eigenvalue weighted by molar-refractivity contribution is 0.330. The molecule has 3 rings (SSSR count). The standard InChI is InChI=1S/C15H18N4S/c1-3-19-14(11-7-9-18(2)10-11)13(17-15(19)20)12-6-4-5-8-16-12/h4-10,13-14H,3H2,1-2H3,(H,17,20)/t13-,14-/m0/s1. The highest BCUT2D eigenvalue weighted by molar-refractivity contribution is 7.80. The predicted octanol–water partition coefficient (Wildman–Crippen LogP) is 2.41. The maximum absolute atomic E-state index is 5.48. The van der Waals surface area contributed by atoms with Gasteiger partial charge in [-0.25, -0.2) is 0 Å². The zero-order valence-electron chi connectivity index (χ0n) is 11.7. The third kappa shape index (κ3) is 2.18. The lowest BCUT2D eigenvalue weighted by atomic mass is 9.99. The van der Waals surface area contributed by atoms with Gasteiger partial charge in [-0.1, -0.05) is 6.07 Å². The van der Waals surface area contributed by atoms with Crippen LogP contribution in [0.2, 0.25) is 0 Å². The highest BCUT2D eigenvalue weighted by Gasteiger charge is 2.39. The Balaban J connectivity index is 2.02. The van der Waals surface area contributed by atoms with Gasteiger partial charge < -0.3 is 14.8 Å². The molecule has 4 nitrogen and oxygen atoms in total. The van der Waals surface area contributed by atoms with Crippen molar-refractivity contribution in [3.05, 3.63) is 54.1 Å². The summed E-state index contributed by atoms with van der Waals surface area (Å²) in [5.41, 5.74) is 2.29. The molecule has 2 aromatic rings. The van der Waals surface area contributed by atoms with Crippen LogP contribution in [0.15, 0.2) is 42.9 Å². The van der Waals surface area contributed by atoms with E-state index >= 15 is 0 Å². The summed E-state index contributed by atoms with van der Waals surface area (Å²) in [6.45, 7) is 3.01. The second-order valence-corrected chi connectivity index (χ2v) is 5.41. The number of nitrogens with one attached hydrogen (secondary N) is 1. The van der Waals surface area contributed by atoms with Gasteiger partial charge in [-0.05, 0) is 42.9 Å². The topological polar surface area (TPSA) is 33.1 Å². The van der Waals surface area contributed by atoms with Gasteiger partial charge in [0.05, 0.1) is 17.8 Å². The molecule has 104 valence electrons. The van der Waals surface area contributed by atoms with E-state index in [0.717, 1.165) is 17.4 Å². The quantitative estimate of drug-likeness (QED) is 0.879. The van der Waals surface area contributed by atoms with Gasteiger partial charge in [0.15, 0.2) is 5.11 Å². The summed E-state index contributed by atoms with van der Waals surface area (Å²) >= 11 is 5.48. The molecule has 1 aliphatic heterocycles.